The second kappa shape index (κ2) is 11.8. The summed E-state index contributed by atoms with van der Waals surface area (Å²) in [4.78, 5) is 47.5. The summed E-state index contributed by atoms with van der Waals surface area (Å²) in [5, 5.41) is 2.99. The molecule has 2 aliphatic heterocycles. The Morgan fingerprint density at radius 2 is 1.50 bits per heavy atom. The van der Waals surface area contributed by atoms with Crippen molar-refractivity contribution in [2.24, 2.45) is 0 Å². The lowest BCUT2D eigenvalue weighted by atomic mass is 9.85. The Morgan fingerprint density at radius 1 is 0.875 bits per heavy atom. The number of benzene rings is 3. The van der Waals surface area contributed by atoms with E-state index in [1.54, 1.807) is 21.7 Å². The molecule has 3 aromatic carbocycles. The number of nitrogens with zero attached hydrogens (tertiary/aromatic N) is 4. The summed E-state index contributed by atoms with van der Waals surface area (Å²) in [5.74, 6) is -0.152. The van der Waals surface area contributed by atoms with Gasteiger partial charge in [0.1, 0.15) is 12.1 Å². The minimum Gasteiger partial charge on any atom is -0.340 e. The number of para-hydroxylation sites is 1. The van der Waals surface area contributed by atoms with Gasteiger partial charge in [-0.25, -0.2) is 4.79 Å². The highest BCUT2D eigenvalue weighted by Crippen LogP contribution is 2.39. The summed E-state index contributed by atoms with van der Waals surface area (Å²) < 4.78 is 0. The predicted molar refractivity (Wildman–Crippen MR) is 157 cm³/mol. The maximum atomic E-state index is 14.0. The van der Waals surface area contributed by atoms with E-state index in [0.29, 0.717) is 39.1 Å². The maximum absolute atomic E-state index is 14.0. The van der Waals surface area contributed by atoms with Gasteiger partial charge in [-0.1, -0.05) is 67.6 Å². The van der Waals surface area contributed by atoms with Crippen LogP contribution in [-0.2, 0) is 22.6 Å². The molecule has 2 aliphatic rings. The predicted octanol–water partition coefficient (Wildman–Crippen LogP) is 4.58. The number of aryl methyl sites for hydroxylation is 1. The molecule has 2 fully saturated rings. The Kier molecular flexibility index (Phi) is 8.05. The first kappa shape index (κ1) is 27.2. The molecule has 3 aromatic rings. The fourth-order valence-corrected chi connectivity index (χ4v) is 5.66. The zero-order valence-electron chi connectivity index (χ0n) is 23.3. The smallest absolute Gasteiger partial charge is 0.321 e. The van der Waals surface area contributed by atoms with E-state index in [1.807, 2.05) is 84.9 Å². The standard InChI is InChI=1S/C32H37N5O3/c1-3-25-14-16-27(17-15-25)33-31(40)35-20-18-32(19-21-35)30(39)36(24-37(32)28-12-8-5-9-13-28)23-29(38)34(2)22-26-10-6-4-7-11-26/h4-17H,3,18-24H2,1-2H3,(H,33,40). The number of anilines is 2. The molecule has 1 spiro atoms. The van der Waals surface area contributed by atoms with Crippen LogP contribution < -0.4 is 10.2 Å². The summed E-state index contributed by atoms with van der Waals surface area (Å²) in [6, 6.07) is 27.4. The second-order valence-electron chi connectivity index (χ2n) is 10.6. The van der Waals surface area contributed by atoms with Crippen LogP contribution in [0.1, 0.15) is 30.9 Å². The first-order valence-electron chi connectivity index (χ1n) is 13.9. The highest BCUT2D eigenvalue weighted by Gasteiger charge is 2.54. The van der Waals surface area contributed by atoms with Gasteiger partial charge in [0.2, 0.25) is 5.91 Å². The highest BCUT2D eigenvalue weighted by molar-refractivity contribution is 5.97. The van der Waals surface area contributed by atoms with E-state index in [9.17, 15) is 14.4 Å². The fraction of sp³-hybridized carbons (Fsp3) is 0.344. The second-order valence-corrected chi connectivity index (χ2v) is 10.6. The molecule has 208 valence electrons. The zero-order valence-corrected chi connectivity index (χ0v) is 23.3. The Bertz CT molecular complexity index is 1320. The lowest BCUT2D eigenvalue weighted by molar-refractivity contribution is -0.140. The zero-order chi connectivity index (χ0) is 28.1. The number of likely N-dealkylation sites (tertiary alicyclic amines) is 1. The van der Waals surface area contributed by atoms with Crippen LogP contribution in [0.5, 0.6) is 0 Å². The third-order valence-electron chi connectivity index (χ3n) is 8.09. The van der Waals surface area contributed by atoms with Crippen molar-refractivity contribution in [3.63, 3.8) is 0 Å². The molecule has 1 N–H and O–H groups in total. The van der Waals surface area contributed by atoms with Crippen LogP contribution in [0, 0.1) is 0 Å². The number of amides is 4. The number of likely N-dealkylation sites (N-methyl/N-ethyl adjacent to an activating group) is 1. The average Bonchev–Trinajstić information content (AvgIpc) is 3.25. The van der Waals surface area contributed by atoms with Gasteiger partial charge >= 0.3 is 6.03 Å². The molecule has 0 saturated carbocycles. The van der Waals surface area contributed by atoms with E-state index < -0.39 is 5.54 Å². The van der Waals surface area contributed by atoms with Gasteiger partial charge in [-0.2, -0.15) is 0 Å². The molecular formula is C32H37N5O3. The van der Waals surface area contributed by atoms with Crippen molar-refractivity contribution in [1.82, 2.24) is 14.7 Å². The van der Waals surface area contributed by atoms with Crippen LogP contribution in [-0.4, -0.2) is 71.4 Å². The molecule has 40 heavy (non-hydrogen) atoms. The van der Waals surface area contributed by atoms with E-state index >= 15 is 0 Å². The van der Waals surface area contributed by atoms with Crippen molar-refractivity contribution in [3.05, 3.63) is 96.1 Å². The summed E-state index contributed by atoms with van der Waals surface area (Å²) in [7, 11) is 1.77. The first-order valence-corrected chi connectivity index (χ1v) is 13.9. The molecule has 4 amide bonds. The minimum atomic E-state index is -0.792. The fourth-order valence-electron chi connectivity index (χ4n) is 5.66. The van der Waals surface area contributed by atoms with Crippen LogP contribution in [0.25, 0.3) is 0 Å². The lowest BCUT2D eigenvalue weighted by Gasteiger charge is -2.43. The quantitative estimate of drug-likeness (QED) is 0.477. The molecular weight excluding hydrogens is 502 g/mol. The van der Waals surface area contributed by atoms with Crippen molar-refractivity contribution in [2.45, 2.75) is 38.3 Å². The molecule has 0 bridgehead atoms. The summed E-state index contributed by atoms with van der Waals surface area (Å²) >= 11 is 0. The third kappa shape index (κ3) is 5.66. The number of hydrogen-bond donors (Lipinski definition) is 1. The van der Waals surface area contributed by atoms with Gasteiger partial charge in [-0.3, -0.25) is 9.59 Å². The van der Waals surface area contributed by atoms with Crippen molar-refractivity contribution in [1.29, 1.82) is 0 Å². The van der Waals surface area contributed by atoms with Gasteiger partial charge in [0, 0.05) is 38.1 Å². The summed E-state index contributed by atoms with van der Waals surface area (Å²) in [6.07, 6.45) is 1.93. The number of carbonyl (C=O) groups excluding carboxylic acids is 3. The van der Waals surface area contributed by atoms with Gasteiger partial charge < -0.3 is 24.9 Å². The molecule has 5 rings (SSSR count). The minimum absolute atomic E-state index is 0.0191. The van der Waals surface area contributed by atoms with Gasteiger partial charge in [0.05, 0.1) is 6.67 Å². The van der Waals surface area contributed by atoms with Crippen LogP contribution in [0.4, 0.5) is 16.2 Å². The Labute approximate surface area is 236 Å². The van der Waals surface area contributed by atoms with Crippen molar-refractivity contribution in [2.75, 3.05) is 43.6 Å². The Morgan fingerprint density at radius 3 is 2.12 bits per heavy atom. The van der Waals surface area contributed by atoms with E-state index in [1.165, 1.54) is 5.56 Å². The Balaban J connectivity index is 1.28. The number of rotatable bonds is 7. The molecule has 0 atom stereocenters. The SMILES string of the molecule is CCc1ccc(NC(=O)N2CCC3(CC2)C(=O)N(CC(=O)N(C)Cc2ccccc2)CN3c2ccccc2)cc1. The van der Waals surface area contributed by atoms with Crippen LogP contribution in [0.3, 0.4) is 0 Å². The van der Waals surface area contributed by atoms with Crippen LogP contribution in [0.15, 0.2) is 84.9 Å². The number of piperidine rings is 1. The maximum Gasteiger partial charge on any atom is 0.321 e. The molecule has 2 saturated heterocycles. The molecule has 2 heterocycles. The highest BCUT2D eigenvalue weighted by atomic mass is 16.2. The monoisotopic (exact) mass is 539 g/mol. The normalized spacial score (nSPS) is 16.4. The first-order chi connectivity index (χ1) is 19.4. The van der Waals surface area contributed by atoms with Crippen molar-refractivity contribution >= 4 is 29.2 Å². The van der Waals surface area contributed by atoms with Gasteiger partial charge in [0.15, 0.2) is 0 Å². The van der Waals surface area contributed by atoms with Crippen LogP contribution >= 0.6 is 0 Å². The van der Waals surface area contributed by atoms with Crippen LogP contribution in [0.2, 0.25) is 0 Å². The van der Waals surface area contributed by atoms with Gasteiger partial charge in [-0.05, 0) is 54.7 Å². The summed E-state index contributed by atoms with van der Waals surface area (Å²) in [5.41, 5.74) is 3.17. The van der Waals surface area contributed by atoms with E-state index in [0.717, 1.165) is 23.4 Å². The molecule has 0 aliphatic carbocycles. The van der Waals surface area contributed by atoms with E-state index in [-0.39, 0.29) is 24.4 Å². The van der Waals surface area contributed by atoms with E-state index in [2.05, 4.69) is 17.1 Å². The molecule has 0 radical (unpaired) electrons. The number of hydrogen-bond acceptors (Lipinski definition) is 4. The number of carbonyl (C=O) groups is 3. The number of urea groups is 1. The molecule has 8 nitrogen and oxygen atoms in total. The number of nitrogens with one attached hydrogen (secondary N) is 1. The van der Waals surface area contributed by atoms with Crippen molar-refractivity contribution in [3.8, 4) is 0 Å². The van der Waals surface area contributed by atoms with Crippen molar-refractivity contribution < 1.29 is 14.4 Å². The van der Waals surface area contributed by atoms with Gasteiger partial charge in [0.25, 0.3) is 5.91 Å². The topological polar surface area (TPSA) is 76.2 Å². The third-order valence-corrected chi connectivity index (χ3v) is 8.09. The van der Waals surface area contributed by atoms with Gasteiger partial charge in [-0.15, -0.1) is 0 Å². The van der Waals surface area contributed by atoms with E-state index in [4.69, 9.17) is 0 Å². The summed E-state index contributed by atoms with van der Waals surface area (Å²) in [6.45, 7) is 3.84. The largest absolute Gasteiger partial charge is 0.340 e. The lowest BCUT2D eigenvalue weighted by Crippen LogP contribution is -2.58. The molecule has 8 heteroatoms. The molecule has 0 unspecified atom stereocenters. The Hall–Kier alpha value is -4.33. The average molecular weight is 540 g/mol. The molecule has 0 aromatic heterocycles.